The number of nitrogens with zero attached hydrogens (tertiary/aromatic N) is 2. The molecule has 1 amide bonds. The molecule has 1 heterocycles. The quantitative estimate of drug-likeness (QED) is 0.389. The number of benzene rings is 3. The highest BCUT2D eigenvalue weighted by Gasteiger charge is 2.21. The summed E-state index contributed by atoms with van der Waals surface area (Å²) in [6.45, 7) is 0.552. The summed E-state index contributed by atoms with van der Waals surface area (Å²) in [6, 6.07) is 27.4. The first-order valence-corrected chi connectivity index (χ1v) is 10.6. The normalized spacial score (nSPS) is 10.6. The molecule has 4 aromatic rings. The monoisotopic (exact) mass is 414 g/mol. The van der Waals surface area contributed by atoms with Gasteiger partial charge in [-0.15, -0.1) is 11.3 Å². The Morgan fingerprint density at radius 1 is 0.933 bits per heavy atom. The molecule has 1 aromatic heterocycles. The van der Waals surface area contributed by atoms with Crippen molar-refractivity contribution in [3.63, 3.8) is 0 Å². The summed E-state index contributed by atoms with van der Waals surface area (Å²) in [5.41, 5.74) is 3.72. The molecule has 0 atom stereocenters. The van der Waals surface area contributed by atoms with Crippen molar-refractivity contribution < 1.29 is 9.53 Å². The van der Waals surface area contributed by atoms with Crippen molar-refractivity contribution in [1.29, 1.82) is 0 Å². The number of hydrogen-bond acceptors (Lipinski definition) is 4. The molecule has 0 aliphatic rings. The molecule has 0 saturated carbocycles. The maximum Gasteiger partial charge on any atom is 0.260 e. The van der Waals surface area contributed by atoms with E-state index in [0.29, 0.717) is 17.2 Å². The zero-order valence-corrected chi connectivity index (χ0v) is 17.5. The van der Waals surface area contributed by atoms with Crippen LogP contribution in [0.2, 0.25) is 0 Å². The van der Waals surface area contributed by atoms with Gasteiger partial charge in [0.15, 0.2) is 5.13 Å². The van der Waals surface area contributed by atoms with E-state index in [1.807, 2.05) is 53.9 Å². The van der Waals surface area contributed by atoms with Gasteiger partial charge in [0.05, 0.1) is 12.8 Å². The molecule has 4 rings (SSSR count). The Hall–Kier alpha value is -3.44. The molecule has 0 unspecified atom stereocenters. The molecule has 0 aliphatic heterocycles. The van der Waals surface area contributed by atoms with Crippen molar-refractivity contribution in [3.8, 4) is 17.0 Å². The maximum atomic E-state index is 13.4. The smallest absolute Gasteiger partial charge is 0.260 e. The van der Waals surface area contributed by atoms with Gasteiger partial charge in [-0.3, -0.25) is 9.69 Å². The second-order valence-corrected chi connectivity index (χ2v) is 7.64. The standard InChI is InChI=1S/C25H22N2O2S/c1-29-22-14-12-21(13-15-22)24(28)27(17-16-19-8-4-2-5-9-19)25-26-23(18-30-25)20-10-6-3-7-11-20/h2-15,18H,16-17H2,1H3. The maximum absolute atomic E-state index is 13.4. The van der Waals surface area contributed by atoms with Gasteiger partial charge < -0.3 is 4.74 Å². The molecule has 0 bridgehead atoms. The van der Waals surface area contributed by atoms with Crippen LogP contribution in [0.5, 0.6) is 5.75 Å². The van der Waals surface area contributed by atoms with Gasteiger partial charge in [0.1, 0.15) is 5.75 Å². The van der Waals surface area contributed by atoms with Crippen molar-refractivity contribution in [2.75, 3.05) is 18.6 Å². The first-order valence-electron chi connectivity index (χ1n) is 9.75. The predicted octanol–water partition coefficient (Wildman–Crippen LogP) is 5.71. The lowest BCUT2D eigenvalue weighted by molar-refractivity contribution is 0.0987. The zero-order valence-electron chi connectivity index (χ0n) is 16.7. The number of rotatable bonds is 7. The minimum absolute atomic E-state index is 0.0671. The zero-order chi connectivity index (χ0) is 20.8. The van der Waals surface area contributed by atoms with Crippen LogP contribution < -0.4 is 9.64 Å². The molecule has 30 heavy (non-hydrogen) atoms. The second kappa shape index (κ2) is 9.37. The number of carbonyl (C=O) groups excluding carboxylic acids is 1. The number of amides is 1. The number of aromatic nitrogens is 1. The highest BCUT2D eigenvalue weighted by atomic mass is 32.1. The van der Waals surface area contributed by atoms with Crippen LogP contribution in [0.1, 0.15) is 15.9 Å². The number of carbonyl (C=O) groups is 1. The number of hydrogen-bond donors (Lipinski definition) is 0. The van der Waals surface area contributed by atoms with Crippen molar-refractivity contribution in [1.82, 2.24) is 4.98 Å². The molecule has 0 aliphatic carbocycles. The fourth-order valence-corrected chi connectivity index (χ4v) is 4.05. The largest absolute Gasteiger partial charge is 0.497 e. The third-order valence-electron chi connectivity index (χ3n) is 4.84. The highest BCUT2D eigenvalue weighted by Crippen LogP contribution is 2.29. The lowest BCUT2D eigenvalue weighted by Gasteiger charge is -2.20. The fraction of sp³-hybridized carbons (Fsp3) is 0.120. The van der Waals surface area contributed by atoms with Crippen LogP contribution in [0.25, 0.3) is 11.3 Å². The van der Waals surface area contributed by atoms with Crippen LogP contribution in [-0.4, -0.2) is 24.5 Å². The van der Waals surface area contributed by atoms with Crippen molar-refractivity contribution in [2.45, 2.75) is 6.42 Å². The van der Waals surface area contributed by atoms with Gasteiger partial charge in [-0.25, -0.2) is 4.98 Å². The summed E-state index contributed by atoms with van der Waals surface area (Å²) in [5.74, 6) is 0.658. The summed E-state index contributed by atoms with van der Waals surface area (Å²) in [7, 11) is 1.61. The number of anilines is 1. The molecule has 0 fully saturated rings. The van der Waals surface area contributed by atoms with E-state index in [-0.39, 0.29) is 5.91 Å². The lowest BCUT2D eigenvalue weighted by Crippen LogP contribution is -2.32. The summed E-state index contributed by atoms with van der Waals surface area (Å²) in [6.07, 6.45) is 0.753. The minimum atomic E-state index is -0.0671. The molecule has 3 aromatic carbocycles. The molecular formula is C25H22N2O2S. The Balaban J connectivity index is 1.62. The van der Waals surface area contributed by atoms with E-state index in [0.717, 1.165) is 23.4 Å². The van der Waals surface area contributed by atoms with Crippen molar-refractivity contribution in [2.24, 2.45) is 0 Å². The topological polar surface area (TPSA) is 42.4 Å². The van der Waals surface area contributed by atoms with Gasteiger partial charge in [0.2, 0.25) is 0 Å². The molecule has 0 spiro atoms. The highest BCUT2D eigenvalue weighted by molar-refractivity contribution is 7.14. The van der Waals surface area contributed by atoms with Gasteiger partial charge in [0.25, 0.3) is 5.91 Å². The van der Waals surface area contributed by atoms with Gasteiger partial charge in [-0.05, 0) is 36.2 Å². The van der Waals surface area contributed by atoms with Gasteiger partial charge in [0, 0.05) is 23.1 Å². The summed E-state index contributed by atoms with van der Waals surface area (Å²) < 4.78 is 5.22. The molecule has 0 saturated heterocycles. The Labute approximate surface area is 180 Å². The molecule has 0 radical (unpaired) electrons. The van der Waals surface area contributed by atoms with Gasteiger partial charge >= 0.3 is 0 Å². The van der Waals surface area contributed by atoms with E-state index in [4.69, 9.17) is 9.72 Å². The average molecular weight is 415 g/mol. The Morgan fingerprint density at radius 3 is 2.27 bits per heavy atom. The number of methoxy groups -OCH3 is 1. The Morgan fingerprint density at radius 2 is 1.60 bits per heavy atom. The molecule has 4 nitrogen and oxygen atoms in total. The first kappa shape index (κ1) is 19.9. The van der Waals surface area contributed by atoms with Gasteiger partial charge in [-0.2, -0.15) is 0 Å². The van der Waals surface area contributed by atoms with Crippen LogP contribution in [0.4, 0.5) is 5.13 Å². The van der Waals surface area contributed by atoms with E-state index in [9.17, 15) is 4.79 Å². The lowest BCUT2D eigenvalue weighted by atomic mass is 10.1. The van der Waals surface area contributed by atoms with Crippen molar-refractivity contribution >= 4 is 22.4 Å². The van der Waals surface area contributed by atoms with E-state index < -0.39 is 0 Å². The number of thiazole rings is 1. The first-order chi connectivity index (χ1) is 14.7. The van der Waals surface area contributed by atoms with E-state index in [2.05, 4.69) is 12.1 Å². The SMILES string of the molecule is COc1ccc(C(=O)N(CCc2ccccc2)c2nc(-c3ccccc3)cs2)cc1. The van der Waals surface area contributed by atoms with Crippen molar-refractivity contribution in [3.05, 3.63) is 101 Å². The Kier molecular flexibility index (Phi) is 6.20. The molecule has 5 heteroatoms. The minimum Gasteiger partial charge on any atom is -0.497 e. The average Bonchev–Trinajstić information content (AvgIpc) is 3.30. The van der Waals surface area contributed by atoms with Crippen LogP contribution in [-0.2, 0) is 6.42 Å². The van der Waals surface area contributed by atoms with Crippen LogP contribution in [0, 0.1) is 0 Å². The predicted molar refractivity (Wildman–Crippen MR) is 122 cm³/mol. The Bertz CT molecular complexity index is 1090. The number of ether oxygens (including phenoxy) is 1. The molecule has 0 N–H and O–H groups in total. The molecule has 150 valence electrons. The van der Waals surface area contributed by atoms with Crippen LogP contribution >= 0.6 is 11.3 Å². The molecular weight excluding hydrogens is 392 g/mol. The van der Waals surface area contributed by atoms with E-state index >= 15 is 0 Å². The summed E-state index contributed by atoms with van der Waals surface area (Å²) in [5, 5.41) is 2.70. The second-order valence-electron chi connectivity index (χ2n) is 6.80. The summed E-state index contributed by atoms with van der Waals surface area (Å²) >= 11 is 1.49. The van der Waals surface area contributed by atoms with E-state index in [1.165, 1.54) is 16.9 Å². The summed E-state index contributed by atoms with van der Waals surface area (Å²) in [4.78, 5) is 19.9. The van der Waals surface area contributed by atoms with Crippen LogP contribution in [0.15, 0.2) is 90.3 Å². The van der Waals surface area contributed by atoms with E-state index in [1.54, 1.807) is 36.3 Å². The fourth-order valence-electron chi connectivity index (χ4n) is 3.19. The van der Waals surface area contributed by atoms with Crippen LogP contribution in [0.3, 0.4) is 0 Å². The third kappa shape index (κ3) is 4.58. The third-order valence-corrected chi connectivity index (χ3v) is 5.71. The van der Waals surface area contributed by atoms with Gasteiger partial charge in [-0.1, -0.05) is 60.7 Å².